The van der Waals surface area contributed by atoms with Crippen molar-refractivity contribution in [1.82, 2.24) is 4.90 Å². The third kappa shape index (κ3) is 6.17. The van der Waals surface area contributed by atoms with Gasteiger partial charge in [0.2, 0.25) is 5.91 Å². The van der Waals surface area contributed by atoms with Gasteiger partial charge in [-0.05, 0) is 42.2 Å². The van der Waals surface area contributed by atoms with Gasteiger partial charge in [0.1, 0.15) is 12.4 Å². The van der Waals surface area contributed by atoms with E-state index in [2.05, 4.69) is 0 Å². The van der Waals surface area contributed by atoms with E-state index < -0.39 is 29.9 Å². The Kier molecular flexibility index (Phi) is 8.56. The molecule has 1 fully saturated rings. The molecule has 3 aromatic rings. The molecule has 0 radical (unpaired) electrons. The van der Waals surface area contributed by atoms with Crippen LogP contribution in [0.15, 0.2) is 84.9 Å². The number of benzene rings is 3. The first-order valence-electron chi connectivity index (χ1n) is 12.4. The van der Waals surface area contributed by atoms with Gasteiger partial charge >= 0.3 is 12.1 Å². The number of nitrogens with zero attached hydrogens (tertiary/aromatic N) is 1. The monoisotopic (exact) mass is 501 g/mol. The lowest BCUT2D eigenvalue weighted by Crippen LogP contribution is -2.44. The van der Waals surface area contributed by atoms with Crippen LogP contribution < -0.4 is 4.74 Å². The van der Waals surface area contributed by atoms with Gasteiger partial charge in [-0.3, -0.25) is 9.59 Å². The standard InChI is InChI=1S/C30H31NO6/c1-3-36-29(33)24(17-21-11-10-16-25(18-21)35-2)19-27(32)31-26(20-37-30(31)34)28(22-12-6-4-7-13-22)23-14-8-5-9-15-23/h4-16,18,24,26,28H,3,17,19-20H2,1-2H3/t24-,26+/m1/s1. The molecule has 2 amide bonds. The summed E-state index contributed by atoms with van der Waals surface area (Å²) in [6.45, 7) is 1.99. The van der Waals surface area contributed by atoms with Gasteiger partial charge in [-0.2, -0.15) is 0 Å². The van der Waals surface area contributed by atoms with E-state index in [1.54, 1.807) is 14.0 Å². The number of carbonyl (C=O) groups is 3. The number of hydrogen-bond donors (Lipinski definition) is 0. The Morgan fingerprint density at radius 2 is 1.62 bits per heavy atom. The van der Waals surface area contributed by atoms with Crippen molar-refractivity contribution in [3.8, 4) is 5.75 Å². The molecule has 4 rings (SSSR count). The van der Waals surface area contributed by atoms with Crippen LogP contribution in [0.3, 0.4) is 0 Å². The van der Waals surface area contributed by atoms with E-state index in [1.807, 2.05) is 84.9 Å². The van der Waals surface area contributed by atoms with Gasteiger partial charge in [0.25, 0.3) is 0 Å². The minimum Gasteiger partial charge on any atom is -0.497 e. The number of amides is 2. The van der Waals surface area contributed by atoms with Crippen LogP contribution in [0.1, 0.15) is 36.0 Å². The quantitative estimate of drug-likeness (QED) is 0.364. The lowest BCUT2D eigenvalue weighted by molar-refractivity contribution is -0.150. The third-order valence-electron chi connectivity index (χ3n) is 6.53. The van der Waals surface area contributed by atoms with Crippen LogP contribution in [0.4, 0.5) is 4.79 Å². The molecule has 0 saturated carbocycles. The fourth-order valence-electron chi connectivity index (χ4n) is 4.82. The van der Waals surface area contributed by atoms with E-state index in [-0.39, 0.29) is 32.0 Å². The van der Waals surface area contributed by atoms with Crippen molar-refractivity contribution in [3.63, 3.8) is 0 Å². The Hall–Kier alpha value is -4.13. The van der Waals surface area contributed by atoms with Gasteiger partial charge in [-0.15, -0.1) is 0 Å². The summed E-state index contributed by atoms with van der Waals surface area (Å²) < 4.78 is 16.0. The fraction of sp³-hybridized carbons (Fsp3) is 0.300. The number of carbonyl (C=O) groups excluding carboxylic acids is 3. The molecule has 7 heteroatoms. The maximum Gasteiger partial charge on any atom is 0.417 e. The molecule has 7 nitrogen and oxygen atoms in total. The highest BCUT2D eigenvalue weighted by Crippen LogP contribution is 2.35. The summed E-state index contributed by atoms with van der Waals surface area (Å²) in [5.41, 5.74) is 2.76. The summed E-state index contributed by atoms with van der Waals surface area (Å²) in [7, 11) is 1.57. The van der Waals surface area contributed by atoms with Gasteiger partial charge in [0, 0.05) is 12.3 Å². The van der Waals surface area contributed by atoms with E-state index >= 15 is 0 Å². The molecule has 37 heavy (non-hydrogen) atoms. The number of methoxy groups -OCH3 is 1. The van der Waals surface area contributed by atoms with E-state index in [0.717, 1.165) is 16.7 Å². The van der Waals surface area contributed by atoms with Gasteiger partial charge in [0.15, 0.2) is 0 Å². The smallest absolute Gasteiger partial charge is 0.417 e. The second-order valence-corrected chi connectivity index (χ2v) is 8.92. The molecule has 0 spiro atoms. The zero-order valence-corrected chi connectivity index (χ0v) is 21.0. The SMILES string of the molecule is CCOC(=O)[C@@H](CC(=O)N1C(=O)OC[C@H]1C(c1ccccc1)c1ccccc1)Cc1cccc(OC)c1. The maximum atomic E-state index is 13.7. The van der Waals surface area contributed by atoms with Gasteiger partial charge < -0.3 is 14.2 Å². The molecule has 3 aromatic carbocycles. The average Bonchev–Trinajstić information content (AvgIpc) is 3.30. The number of esters is 1. The molecule has 1 aliphatic heterocycles. The van der Waals surface area contributed by atoms with Crippen LogP contribution >= 0.6 is 0 Å². The number of imide groups is 1. The van der Waals surface area contributed by atoms with Gasteiger partial charge in [-0.1, -0.05) is 72.8 Å². The minimum atomic E-state index is -0.763. The number of cyclic esters (lactones) is 1. The molecular formula is C30H31NO6. The Morgan fingerprint density at radius 3 is 2.22 bits per heavy atom. The van der Waals surface area contributed by atoms with Crippen molar-refractivity contribution < 1.29 is 28.6 Å². The summed E-state index contributed by atoms with van der Waals surface area (Å²) in [6.07, 6.45) is -0.607. The molecule has 0 N–H and O–H groups in total. The normalized spacial score (nSPS) is 15.8. The first kappa shape index (κ1) is 25.9. The van der Waals surface area contributed by atoms with Crippen LogP contribution in [0, 0.1) is 5.92 Å². The third-order valence-corrected chi connectivity index (χ3v) is 6.53. The van der Waals surface area contributed by atoms with Crippen molar-refractivity contribution in [3.05, 3.63) is 102 Å². The summed E-state index contributed by atoms with van der Waals surface area (Å²) >= 11 is 0. The second-order valence-electron chi connectivity index (χ2n) is 8.92. The molecule has 0 aromatic heterocycles. The van der Waals surface area contributed by atoms with Crippen molar-refractivity contribution in [2.24, 2.45) is 5.92 Å². The molecular weight excluding hydrogens is 470 g/mol. The zero-order chi connectivity index (χ0) is 26.2. The Morgan fingerprint density at radius 1 is 0.973 bits per heavy atom. The Bertz CT molecular complexity index is 1170. The lowest BCUT2D eigenvalue weighted by atomic mass is 9.84. The average molecular weight is 502 g/mol. The molecule has 2 atom stereocenters. The van der Waals surface area contributed by atoms with E-state index in [4.69, 9.17) is 14.2 Å². The van der Waals surface area contributed by atoms with Crippen LogP contribution in [-0.2, 0) is 25.5 Å². The van der Waals surface area contributed by atoms with Crippen molar-refractivity contribution in [2.75, 3.05) is 20.3 Å². The van der Waals surface area contributed by atoms with E-state index in [0.29, 0.717) is 5.75 Å². The zero-order valence-electron chi connectivity index (χ0n) is 21.0. The lowest BCUT2D eigenvalue weighted by Gasteiger charge is -2.29. The summed E-state index contributed by atoms with van der Waals surface area (Å²) in [5.74, 6) is -1.34. The predicted octanol–water partition coefficient (Wildman–Crippen LogP) is 4.99. The molecule has 1 saturated heterocycles. The van der Waals surface area contributed by atoms with Crippen molar-refractivity contribution in [2.45, 2.75) is 31.7 Å². The predicted molar refractivity (Wildman–Crippen MR) is 138 cm³/mol. The molecule has 0 aliphatic carbocycles. The van der Waals surface area contributed by atoms with Crippen LogP contribution in [0.25, 0.3) is 0 Å². The largest absolute Gasteiger partial charge is 0.497 e. The first-order valence-corrected chi connectivity index (χ1v) is 12.4. The number of hydrogen-bond acceptors (Lipinski definition) is 6. The number of rotatable bonds is 10. The maximum absolute atomic E-state index is 13.7. The number of ether oxygens (including phenoxy) is 3. The molecule has 1 aliphatic rings. The molecule has 0 bridgehead atoms. The summed E-state index contributed by atoms with van der Waals surface area (Å²) in [4.78, 5) is 40.6. The highest BCUT2D eigenvalue weighted by atomic mass is 16.6. The van der Waals surface area contributed by atoms with Gasteiger partial charge in [-0.25, -0.2) is 9.69 Å². The van der Waals surface area contributed by atoms with E-state index in [1.165, 1.54) is 4.90 Å². The van der Waals surface area contributed by atoms with Gasteiger partial charge in [0.05, 0.1) is 25.7 Å². The minimum absolute atomic E-state index is 0.0684. The summed E-state index contributed by atoms with van der Waals surface area (Å²) in [5, 5.41) is 0. The second kappa shape index (κ2) is 12.2. The molecule has 0 unspecified atom stereocenters. The summed E-state index contributed by atoms with van der Waals surface area (Å²) in [6, 6.07) is 26.3. The van der Waals surface area contributed by atoms with Crippen molar-refractivity contribution in [1.29, 1.82) is 0 Å². The van der Waals surface area contributed by atoms with Crippen LogP contribution in [0.2, 0.25) is 0 Å². The molecule has 1 heterocycles. The topological polar surface area (TPSA) is 82.1 Å². The fourth-order valence-corrected chi connectivity index (χ4v) is 4.82. The highest BCUT2D eigenvalue weighted by molar-refractivity contribution is 5.95. The molecule has 192 valence electrons. The highest BCUT2D eigenvalue weighted by Gasteiger charge is 2.44. The van der Waals surface area contributed by atoms with E-state index in [9.17, 15) is 14.4 Å². The Labute approximate surface area is 217 Å². The Balaban J connectivity index is 1.62. The first-order chi connectivity index (χ1) is 18.0. The van der Waals surface area contributed by atoms with Crippen LogP contribution in [0.5, 0.6) is 5.75 Å². The van der Waals surface area contributed by atoms with Crippen LogP contribution in [-0.4, -0.2) is 49.2 Å². The van der Waals surface area contributed by atoms with Crippen molar-refractivity contribution >= 4 is 18.0 Å².